The van der Waals surface area contributed by atoms with Crippen LogP contribution in [0.3, 0.4) is 0 Å². The van der Waals surface area contributed by atoms with E-state index in [4.69, 9.17) is 25.9 Å². The van der Waals surface area contributed by atoms with Gasteiger partial charge in [-0.15, -0.1) is 0 Å². The first-order valence-corrected chi connectivity index (χ1v) is 27.5. The molecule has 67 heavy (non-hydrogen) atoms. The molecule has 9 rings (SSSR count). The van der Waals surface area contributed by atoms with Crippen LogP contribution in [-0.2, 0) is 42.9 Å². The predicted molar refractivity (Wildman–Crippen MR) is 277 cm³/mol. The molecule has 1 unspecified atom stereocenters. The van der Waals surface area contributed by atoms with E-state index in [1.54, 1.807) is 0 Å². The highest BCUT2D eigenvalue weighted by Crippen LogP contribution is 2.40. The molecule has 0 saturated heterocycles. The minimum atomic E-state index is -3.92. The van der Waals surface area contributed by atoms with E-state index in [0.29, 0.717) is 12.5 Å². The Labute approximate surface area is 405 Å². The predicted octanol–water partition coefficient (Wildman–Crippen LogP) is 13.2. The van der Waals surface area contributed by atoms with Crippen LogP contribution < -0.4 is 0 Å². The summed E-state index contributed by atoms with van der Waals surface area (Å²) >= 11 is 3.02. The molecule has 9 aromatic rings. The smallest absolute Gasteiger partial charge is 0.166 e. The molecule has 0 spiro atoms. The number of hydrogen-bond donors (Lipinski definition) is 0. The van der Waals surface area contributed by atoms with Crippen LogP contribution in [0, 0.1) is 0 Å². The maximum Gasteiger partial charge on any atom is 0.166 e. The van der Waals surface area contributed by atoms with Crippen molar-refractivity contribution in [1.82, 2.24) is 0 Å². The second-order valence-corrected chi connectivity index (χ2v) is 22.3. The highest BCUT2D eigenvalue weighted by molar-refractivity contribution is 7.99. The van der Waals surface area contributed by atoms with E-state index in [1.807, 2.05) is 11.8 Å². The maximum atomic E-state index is 9.08. The van der Waals surface area contributed by atoms with Crippen molar-refractivity contribution in [3.63, 3.8) is 0 Å². The van der Waals surface area contributed by atoms with E-state index >= 15 is 0 Å². The summed E-state index contributed by atoms with van der Waals surface area (Å²) < 4.78 is 54.5. The first kappa shape index (κ1) is 48.8. The molecule has 1 atom stereocenters. The highest BCUT2D eigenvalue weighted by atomic mass is 32.2. The zero-order valence-corrected chi connectivity index (χ0v) is 40.7. The second-order valence-electron chi connectivity index (χ2n) is 15.1. The van der Waals surface area contributed by atoms with Crippen LogP contribution in [0.2, 0.25) is 0 Å². The molecule has 0 heterocycles. The zero-order valence-electron chi connectivity index (χ0n) is 36.5. The maximum absolute atomic E-state index is 9.08. The molecule has 0 bridgehead atoms. The van der Waals surface area contributed by atoms with Gasteiger partial charge in [0, 0.05) is 45.7 Å². The Balaban J connectivity index is 0.000000605. The van der Waals surface area contributed by atoms with Gasteiger partial charge >= 0.3 is 0 Å². The third-order valence-electron chi connectivity index (χ3n) is 9.97. The van der Waals surface area contributed by atoms with Gasteiger partial charge in [0.2, 0.25) is 0 Å². The molecule has 0 amide bonds. The Morgan fingerprint density at radius 3 is 1.25 bits per heavy atom. The Morgan fingerprint density at radius 2 is 0.746 bits per heavy atom. The Bertz CT molecular complexity index is 3160. The third-order valence-corrected chi connectivity index (χ3v) is 14.4. The van der Waals surface area contributed by atoms with Crippen LogP contribution in [0.4, 0.5) is 0 Å². The first-order valence-electron chi connectivity index (χ1n) is 21.0. The lowest BCUT2D eigenvalue weighted by Gasteiger charge is -2.12. The van der Waals surface area contributed by atoms with E-state index in [0.717, 1.165) is 0 Å². The number of rotatable bonds is 11. The van der Waals surface area contributed by atoms with Gasteiger partial charge in [-0.25, -0.2) is 16.8 Å². The van der Waals surface area contributed by atoms with Gasteiger partial charge in [0.05, 0.1) is 31.1 Å². The van der Waals surface area contributed by atoms with Crippen LogP contribution in [-0.4, -0.2) is 38.5 Å². The van der Waals surface area contributed by atoms with Crippen molar-refractivity contribution < 1.29 is 25.9 Å². The average Bonchev–Trinajstić information content (AvgIpc) is 3.33. The van der Waals surface area contributed by atoms with Gasteiger partial charge in [0.25, 0.3) is 0 Å². The average molecular weight is 975 g/mol. The summed E-state index contributed by atoms with van der Waals surface area (Å²) in [5, 5.41) is 0. The molecule has 0 aliphatic heterocycles. The van der Waals surface area contributed by atoms with Crippen molar-refractivity contribution in [1.29, 1.82) is 0 Å². The topological polar surface area (TPSA) is 114 Å². The van der Waals surface area contributed by atoms with Gasteiger partial charge in [-0.3, -0.25) is 0 Å². The monoisotopic (exact) mass is 974 g/mol. The van der Waals surface area contributed by atoms with Crippen molar-refractivity contribution in [2.75, 3.05) is 12.5 Å². The summed E-state index contributed by atoms with van der Waals surface area (Å²) in [5.41, 5.74) is 9.91. The molecule has 0 aliphatic carbocycles. The summed E-state index contributed by atoms with van der Waals surface area (Å²) in [5.74, 6) is 0. The molecule has 0 N–H and O–H groups in total. The number of benzene rings is 9. The normalized spacial score (nSPS) is 11.6. The quantitative estimate of drug-likeness (QED) is 0.0720. The standard InChI is InChI=1S/C54H39S3.2CH4O3S/c1-5-15-40(16-6-1)42-25-27-45(28-26-42)51-23-13-14-24-53(51)56-47-33-38-52(44-19-9-3-10-20-44)54(39-47)55-46-31-36-50(37-32-46)57(48-21-11-4-12-22-48)49-34-29-43(30-35-49)41-17-7-2-8-18-41;2*1-5(2,3)4/h1-39H;2*1H3,(H,2,3,4)/q+1;;/p-1. The van der Waals surface area contributed by atoms with Gasteiger partial charge in [-0.05, 0) is 124 Å². The van der Waals surface area contributed by atoms with Crippen molar-refractivity contribution >= 4 is 54.7 Å². The molecule has 0 aliphatic rings. The first-order chi connectivity index (χ1) is 32.2. The van der Waals surface area contributed by atoms with Crippen molar-refractivity contribution in [3.8, 4) is 44.5 Å². The molecule has 0 aromatic heterocycles. The lowest BCUT2D eigenvalue weighted by molar-refractivity contribution is 0.468. The van der Waals surface area contributed by atoms with Crippen molar-refractivity contribution in [2.45, 2.75) is 34.3 Å². The third kappa shape index (κ3) is 14.9. The SMILES string of the molecule is CS(=O)(=O)[O-].CS(=O)(=O)[O-].c1ccc(-c2ccc(-c3ccccc3[SH+]c3ccc(-c4ccccc4)c(Sc4ccc([S+](c5ccccc5)c5ccc(-c6ccccc6)cc5)cc4)c3)cc2)cc1. The molecular formula is C56H46O6S5. The second kappa shape index (κ2) is 23.0. The molecule has 11 heteroatoms. The van der Waals surface area contributed by atoms with Crippen LogP contribution in [0.5, 0.6) is 0 Å². The van der Waals surface area contributed by atoms with Crippen LogP contribution in [0.1, 0.15) is 0 Å². The fourth-order valence-electron chi connectivity index (χ4n) is 7.10. The van der Waals surface area contributed by atoms with E-state index in [2.05, 4.69) is 237 Å². The van der Waals surface area contributed by atoms with Crippen LogP contribution in [0.25, 0.3) is 44.5 Å². The molecule has 6 nitrogen and oxygen atoms in total. The molecule has 0 saturated carbocycles. The highest BCUT2D eigenvalue weighted by Gasteiger charge is 2.29. The van der Waals surface area contributed by atoms with Crippen molar-refractivity contribution in [3.05, 3.63) is 237 Å². The lowest BCUT2D eigenvalue weighted by atomic mass is 10.0. The summed E-state index contributed by atoms with van der Waals surface area (Å²) in [6.07, 6.45) is 1.21. The van der Waals surface area contributed by atoms with Crippen LogP contribution >= 0.6 is 11.8 Å². The minimum absolute atomic E-state index is 0.234. The van der Waals surface area contributed by atoms with E-state index < -0.39 is 20.2 Å². The zero-order chi connectivity index (χ0) is 47.2. The number of hydrogen-bond acceptors (Lipinski definition) is 7. The minimum Gasteiger partial charge on any atom is -0.748 e. The van der Waals surface area contributed by atoms with Gasteiger partial charge < -0.3 is 9.11 Å². The largest absolute Gasteiger partial charge is 0.748 e. The van der Waals surface area contributed by atoms with Crippen molar-refractivity contribution in [2.24, 2.45) is 0 Å². The Hall–Kier alpha value is -6.15. The van der Waals surface area contributed by atoms with Gasteiger partial charge in [-0.1, -0.05) is 157 Å². The summed E-state index contributed by atoms with van der Waals surface area (Å²) in [6, 6.07) is 86.0. The Morgan fingerprint density at radius 1 is 0.388 bits per heavy atom. The Kier molecular flexibility index (Phi) is 16.8. The molecule has 0 fully saturated rings. The van der Waals surface area contributed by atoms with E-state index in [1.165, 1.54) is 90.5 Å². The van der Waals surface area contributed by atoms with Gasteiger partial charge in [0.1, 0.15) is 0 Å². The van der Waals surface area contributed by atoms with Gasteiger partial charge in [-0.2, -0.15) is 0 Å². The van der Waals surface area contributed by atoms with Gasteiger partial charge in [0.15, 0.2) is 24.5 Å². The summed E-state index contributed by atoms with van der Waals surface area (Å²) in [4.78, 5) is 8.97. The molecular weight excluding hydrogens is 929 g/mol. The fraction of sp³-hybridized carbons (Fsp3) is 0.0357. The van der Waals surface area contributed by atoms with E-state index in [-0.39, 0.29) is 10.9 Å². The van der Waals surface area contributed by atoms with Crippen LogP contribution in [0.15, 0.2) is 271 Å². The molecule has 9 aromatic carbocycles. The molecule has 0 radical (unpaired) electrons. The molecule has 336 valence electrons. The van der Waals surface area contributed by atoms with E-state index in [9.17, 15) is 0 Å². The lowest BCUT2D eigenvalue weighted by Crippen LogP contribution is -2.04. The summed E-state index contributed by atoms with van der Waals surface area (Å²) in [7, 11) is -8.07. The fourth-order valence-corrected chi connectivity index (χ4v) is 11.4. The number of thiol groups is 1. The summed E-state index contributed by atoms with van der Waals surface area (Å²) in [6.45, 7) is 0.